The van der Waals surface area contributed by atoms with E-state index >= 15 is 0 Å². The molecule has 2 aliphatic rings. The Bertz CT molecular complexity index is 1130. The third-order valence-electron chi connectivity index (χ3n) is 6.41. The molecule has 0 radical (unpaired) electrons. The van der Waals surface area contributed by atoms with E-state index < -0.39 is 15.8 Å². The van der Waals surface area contributed by atoms with Crippen molar-refractivity contribution < 1.29 is 22.3 Å². The van der Waals surface area contributed by atoms with Crippen LogP contribution in [0, 0.1) is 18.7 Å². The van der Waals surface area contributed by atoms with Gasteiger partial charge in [-0.05, 0) is 74.1 Å². The zero-order valence-electron chi connectivity index (χ0n) is 18.5. The van der Waals surface area contributed by atoms with E-state index in [0.717, 1.165) is 55.8 Å². The number of benzene rings is 2. The Hall–Kier alpha value is -2.61. The van der Waals surface area contributed by atoms with Crippen molar-refractivity contribution in [3.63, 3.8) is 0 Å². The second kappa shape index (κ2) is 9.10. The van der Waals surface area contributed by atoms with Crippen molar-refractivity contribution in [2.75, 3.05) is 23.3 Å². The fourth-order valence-corrected chi connectivity index (χ4v) is 5.89. The van der Waals surface area contributed by atoms with Gasteiger partial charge in [0.1, 0.15) is 16.5 Å². The number of hydrogen-bond donors (Lipinski definition) is 1. The highest BCUT2D eigenvalue weighted by Gasteiger charge is 2.30. The monoisotopic (exact) mass is 460 g/mol. The summed E-state index contributed by atoms with van der Waals surface area (Å²) in [4.78, 5) is 14.7. The Labute approximate surface area is 188 Å². The molecule has 0 spiro atoms. The number of sulfonamides is 1. The lowest BCUT2D eigenvalue weighted by Gasteiger charge is -2.34. The summed E-state index contributed by atoms with van der Waals surface area (Å²) in [7, 11) is -2.71. The largest absolute Gasteiger partial charge is 0.495 e. The summed E-state index contributed by atoms with van der Waals surface area (Å²) in [5.74, 6) is -0.275. The number of nitrogens with one attached hydrogen (secondary N) is 1. The zero-order valence-corrected chi connectivity index (χ0v) is 19.3. The normalized spacial score (nSPS) is 17.0. The molecule has 1 aliphatic heterocycles. The molecule has 8 heteroatoms. The molecule has 1 amide bonds. The van der Waals surface area contributed by atoms with E-state index in [-0.39, 0.29) is 22.5 Å². The van der Waals surface area contributed by atoms with Crippen LogP contribution < -0.4 is 14.4 Å². The van der Waals surface area contributed by atoms with Gasteiger partial charge >= 0.3 is 0 Å². The van der Waals surface area contributed by atoms with Crippen molar-refractivity contribution in [2.24, 2.45) is 5.92 Å². The second-order valence-corrected chi connectivity index (χ2v) is 10.3. The molecule has 0 aromatic heterocycles. The van der Waals surface area contributed by atoms with Gasteiger partial charge in [-0.2, -0.15) is 0 Å². The highest BCUT2D eigenvalue weighted by Crippen LogP contribution is 2.35. The number of hydrogen-bond acceptors (Lipinski definition) is 4. The zero-order chi connectivity index (χ0) is 22.9. The van der Waals surface area contributed by atoms with Crippen molar-refractivity contribution in [3.8, 4) is 5.75 Å². The number of fused-ring (bicyclic) bond motifs is 1. The molecule has 172 valence electrons. The number of aryl methyl sites for hydroxylation is 2. The molecule has 1 fully saturated rings. The van der Waals surface area contributed by atoms with Crippen molar-refractivity contribution in [3.05, 3.63) is 47.3 Å². The van der Waals surface area contributed by atoms with Crippen molar-refractivity contribution >= 4 is 27.3 Å². The Morgan fingerprint density at radius 1 is 1.12 bits per heavy atom. The quantitative estimate of drug-likeness (QED) is 0.695. The first-order valence-electron chi connectivity index (χ1n) is 11.1. The summed E-state index contributed by atoms with van der Waals surface area (Å²) >= 11 is 0. The summed E-state index contributed by atoms with van der Waals surface area (Å²) in [6.45, 7) is 2.23. The predicted molar refractivity (Wildman–Crippen MR) is 122 cm³/mol. The molecule has 0 unspecified atom stereocenters. The lowest BCUT2D eigenvalue weighted by molar-refractivity contribution is -0.123. The molecule has 1 N–H and O–H groups in total. The lowest BCUT2D eigenvalue weighted by Crippen LogP contribution is -2.40. The maximum Gasteiger partial charge on any atom is 0.265 e. The SMILES string of the molecule is COc1cc(C)c(F)cc1S(=O)(=O)Nc1ccc2c(c1)CCCN2C(=O)C1CCCCC1. The number of rotatable bonds is 5. The second-order valence-electron chi connectivity index (χ2n) is 8.63. The van der Waals surface area contributed by atoms with E-state index in [2.05, 4.69) is 4.72 Å². The first kappa shape index (κ1) is 22.6. The van der Waals surface area contributed by atoms with E-state index in [1.165, 1.54) is 19.6 Å². The molecular weight excluding hydrogens is 431 g/mol. The minimum Gasteiger partial charge on any atom is -0.495 e. The van der Waals surface area contributed by atoms with Crippen LogP contribution in [0.4, 0.5) is 15.8 Å². The number of carbonyl (C=O) groups is 1. The van der Waals surface area contributed by atoms with Gasteiger partial charge in [0.2, 0.25) is 5.91 Å². The fourth-order valence-electron chi connectivity index (χ4n) is 4.68. The molecular formula is C24H29FN2O4S. The van der Waals surface area contributed by atoms with Gasteiger partial charge in [0.15, 0.2) is 0 Å². The number of methoxy groups -OCH3 is 1. The van der Waals surface area contributed by atoms with Gasteiger partial charge in [0.25, 0.3) is 10.0 Å². The number of halogens is 1. The summed E-state index contributed by atoms with van der Waals surface area (Å²) in [5.41, 5.74) is 2.47. The highest BCUT2D eigenvalue weighted by atomic mass is 32.2. The Morgan fingerprint density at radius 2 is 1.88 bits per heavy atom. The standard InChI is InChI=1S/C24H29FN2O4S/c1-16-13-22(31-2)23(15-20(16)25)32(29,30)26-19-10-11-21-18(14-19)9-6-12-27(21)24(28)17-7-4-3-5-8-17/h10-11,13-15,17,26H,3-9,12H2,1-2H3. The maximum atomic E-state index is 14.1. The molecule has 0 saturated heterocycles. The van der Waals surface area contributed by atoms with E-state index in [9.17, 15) is 17.6 Å². The summed E-state index contributed by atoms with van der Waals surface area (Å²) in [6.07, 6.45) is 6.87. The van der Waals surface area contributed by atoms with Crippen LogP contribution in [-0.2, 0) is 21.2 Å². The molecule has 0 atom stereocenters. The minimum absolute atomic E-state index is 0.0803. The predicted octanol–water partition coefficient (Wildman–Crippen LogP) is 4.80. The van der Waals surface area contributed by atoms with Crippen LogP contribution >= 0.6 is 0 Å². The van der Waals surface area contributed by atoms with Gasteiger partial charge in [-0.25, -0.2) is 12.8 Å². The molecule has 4 rings (SSSR count). The molecule has 1 saturated carbocycles. The maximum absolute atomic E-state index is 14.1. The summed E-state index contributed by atoms with van der Waals surface area (Å²) < 4.78 is 47.7. The molecule has 6 nitrogen and oxygen atoms in total. The Balaban J connectivity index is 1.59. The van der Waals surface area contributed by atoms with Crippen molar-refractivity contribution in [2.45, 2.75) is 56.8 Å². The first-order valence-corrected chi connectivity index (χ1v) is 12.6. The van der Waals surface area contributed by atoms with Crippen LogP contribution in [0.15, 0.2) is 35.2 Å². The van der Waals surface area contributed by atoms with Crippen LogP contribution in [0.2, 0.25) is 0 Å². The van der Waals surface area contributed by atoms with Gasteiger partial charge in [0.05, 0.1) is 7.11 Å². The number of ether oxygens (including phenoxy) is 1. The van der Waals surface area contributed by atoms with E-state index in [1.807, 2.05) is 4.90 Å². The summed E-state index contributed by atoms with van der Waals surface area (Å²) in [6, 6.07) is 7.56. The number of carbonyl (C=O) groups excluding carboxylic acids is 1. The van der Waals surface area contributed by atoms with Gasteiger partial charge < -0.3 is 9.64 Å². The Kier molecular flexibility index (Phi) is 6.42. The van der Waals surface area contributed by atoms with E-state index in [4.69, 9.17) is 4.74 Å². The first-order chi connectivity index (χ1) is 15.3. The molecule has 32 heavy (non-hydrogen) atoms. The topological polar surface area (TPSA) is 75.7 Å². The number of nitrogens with zero attached hydrogens (tertiary/aromatic N) is 1. The van der Waals surface area contributed by atoms with Crippen LogP contribution in [0.1, 0.15) is 49.7 Å². The van der Waals surface area contributed by atoms with Crippen molar-refractivity contribution in [1.82, 2.24) is 0 Å². The van der Waals surface area contributed by atoms with Gasteiger partial charge in [0, 0.05) is 23.8 Å². The molecule has 1 aliphatic carbocycles. The summed E-state index contributed by atoms with van der Waals surface area (Å²) in [5, 5.41) is 0. The van der Waals surface area contributed by atoms with Gasteiger partial charge in [-0.1, -0.05) is 19.3 Å². The number of anilines is 2. The van der Waals surface area contributed by atoms with Crippen LogP contribution in [0.3, 0.4) is 0 Å². The van der Waals surface area contributed by atoms with Crippen LogP contribution in [0.25, 0.3) is 0 Å². The van der Waals surface area contributed by atoms with E-state index in [0.29, 0.717) is 17.8 Å². The minimum atomic E-state index is -4.06. The molecule has 2 aromatic carbocycles. The van der Waals surface area contributed by atoms with Crippen LogP contribution in [0.5, 0.6) is 5.75 Å². The van der Waals surface area contributed by atoms with Crippen LogP contribution in [-0.4, -0.2) is 28.0 Å². The number of amides is 1. The van der Waals surface area contributed by atoms with Gasteiger partial charge in [-0.15, -0.1) is 0 Å². The smallest absolute Gasteiger partial charge is 0.265 e. The molecule has 0 bridgehead atoms. The fraction of sp³-hybridized carbons (Fsp3) is 0.458. The van der Waals surface area contributed by atoms with Gasteiger partial charge in [-0.3, -0.25) is 9.52 Å². The molecule has 1 heterocycles. The highest BCUT2D eigenvalue weighted by molar-refractivity contribution is 7.92. The van der Waals surface area contributed by atoms with E-state index in [1.54, 1.807) is 25.1 Å². The Morgan fingerprint density at radius 3 is 2.59 bits per heavy atom. The molecule has 2 aromatic rings. The average Bonchev–Trinajstić information content (AvgIpc) is 2.79. The van der Waals surface area contributed by atoms with Crippen molar-refractivity contribution in [1.29, 1.82) is 0 Å². The average molecular weight is 461 g/mol. The third kappa shape index (κ3) is 4.46. The third-order valence-corrected chi connectivity index (χ3v) is 7.81. The lowest BCUT2D eigenvalue weighted by atomic mass is 9.87.